The summed E-state index contributed by atoms with van der Waals surface area (Å²) in [7, 11) is 0. The summed E-state index contributed by atoms with van der Waals surface area (Å²) in [5.41, 5.74) is 7.68. The molecule has 0 aliphatic carbocycles. The van der Waals surface area contributed by atoms with Gasteiger partial charge >= 0.3 is 0 Å². The number of amides is 1. The van der Waals surface area contributed by atoms with Crippen molar-refractivity contribution in [3.8, 4) is 0 Å². The lowest BCUT2D eigenvalue weighted by molar-refractivity contribution is 0.0740. The van der Waals surface area contributed by atoms with E-state index in [1.54, 1.807) is 0 Å². The van der Waals surface area contributed by atoms with Crippen molar-refractivity contribution in [3.63, 3.8) is 0 Å². The summed E-state index contributed by atoms with van der Waals surface area (Å²) in [5.74, 6) is 0.131. The van der Waals surface area contributed by atoms with E-state index >= 15 is 0 Å². The van der Waals surface area contributed by atoms with E-state index in [2.05, 4.69) is 22.6 Å². The minimum absolute atomic E-state index is 0. The summed E-state index contributed by atoms with van der Waals surface area (Å²) >= 11 is 2.25. The van der Waals surface area contributed by atoms with Crippen molar-refractivity contribution in [2.45, 2.75) is 25.8 Å². The maximum absolute atomic E-state index is 12.5. The second-order valence-electron chi connectivity index (χ2n) is 4.47. The minimum Gasteiger partial charge on any atom is -0.334 e. The molecule has 100 valence electrons. The summed E-state index contributed by atoms with van der Waals surface area (Å²) < 4.78 is 1.05. The van der Waals surface area contributed by atoms with E-state index in [0.717, 1.165) is 34.1 Å². The molecule has 0 spiro atoms. The van der Waals surface area contributed by atoms with Gasteiger partial charge in [0, 0.05) is 22.7 Å². The molecular weight excluding hydrogens is 363 g/mol. The molecule has 1 heterocycles. The molecule has 2 rings (SSSR count). The molecule has 1 fully saturated rings. The first-order valence-electron chi connectivity index (χ1n) is 5.91. The molecule has 0 bridgehead atoms. The second-order valence-corrected chi connectivity index (χ2v) is 5.55. The Kier molecular flexibility index (Phi) is 5.88. The highest BCUT2D eigenvalue weighted by Gasteiger charge is 2.29. The van der Waals surface area contributed by atoms with E-state index < -0.39 is 0 Å². The van der Waals surface area contributed by atoms with Crippen molar-refractivity contribution < 1.29 is 4.79 Å². The zero-order chi connectivity index (χ0) is 12.4. The number of aryl methyl sites for hydroxylation is 1. The van der Waals surface area contributed by atoms with Gasteiger partial charge in [0.2, 0.25) is 0 Å². The lowest BCUT2D eigenvalue weighted by Gasteiger charge is -2.24. The number of hydrogen-bond acceptors (Lipinski definition) is 2. The highest BCUT2D eigenvalue weighted by Crippen LogP contribution is 2.23. The monoisotopic (exact) mass is 380 g/mol. The van der Waals surface area contributed by atoms with Gasteiger partial charge in [-0.05, 0) is 54.0 Å². The van der Waals surface area contributed by atoms with Crippen LogP contribution < -0.4 is 5.73 Å². The Bertz CT molecular complexity index is 439. The quantitative estimate of drug-likeness (QED) is 0.802. The molecule has 1 aliphatic rings. The molecule has 18 heavy (non-hydrogen) atoms. The summed E-state index contributed by atoms with van der Waals surface area (Å²) in [4.78, 5) is 14.4. The van der Waals surface area contributed by atoms with E-state index in [4.69, 9.17) is 5.73 Å². The zero-order valence-electron chi connectivity index (χ0n) is 10.4. The van der Waals surface area contributed by atoms with Crippen molar-refractivity contribution in [3.05, 3.63) is 32.9 Å². The number of likely N-dealkylation sites (tertiary alicyclic amines) is 1. The lowest BCUT2D eigenvalue weighted by atomic mass is 10.1. The van der Waals surface area contributed by atoms with Gasteiger partial charge in [0.15, 0.2) is 0 Å². The Labute approximate surface area is 128 Å². The number of nitrogens with zero attached hydrogens (tertiary/aromatic N) is 1. The molecule has 1 unspecified atom stereocenters. The van der Waals surface area contributed by atoms with Crippen LogP contribution in [0.5, 0.6) is 0 Å². The third-order valence-electron chi connectivity index (χ3n) is 3.33. The first-order valence-corrected chi connectivity index (χ1v) is 6.99. The van der Waals surface area contributed by atoms with E-state index in [1.165, 1.54) is 0 Å². The number of halogens is 2. The predicted molar refractivity (Wildman–Crippen MR) is 84.3 cm³/mol. The molecule has 2 N–H and O–H groups in total. The number of benzene rings is 1. The molecule has 0 aromatic heterocycles. The smallest absolute Gasteiger partial charge is 0.255 e. The van der Waals surface area contributed by atoms with E-state index in [9.17, 15) is 4.79 Å². The van der Waals surface area contributed by atoms with Crippen LogP contribution in [0.1, 0.15) is 28.8 Å². The van der Waals surface area contributed by atoms with Crippen LogP contribution in [0.4, 0.5) is 0 Å². The van der Waals surface area contributed by atoms with E-state index in [-0.39, 0.29) is 24.4 Å². The van der Waals surface area contributed by atoms with Gasteiger partial charge in [-0.3, -0.25) is 4.79 Å². The SMILES string of the molecule is Cc1cccc(C(=O)N2CCCC2CN)c1I.Cl. The average Bonchev–Trinajstić information content (AvgIpc) is 2.80. The molecule has 1 aliphatic heterocycles. The number of nitrogens with two attached hydrogens (primary N) is 1. The fourth-order valence-electron chi connectivity index (χ4n) is 2.32. The normalized spacial score (nSPS) is 18.6. The summed E-state index contributed by atoms with van der Waals surface area (Å²) in [5, 5.41) is 0. The molecule has 3 nitrogen and oxygen atoms in total. The van der Waals surface area contributed by atoms with Crippen molar-refractivity contribution in [1.29, 1.82) is 0 Å². The molecule has 1 saturated heterocycles. The molecule has 0 radical (unpaired) electrons. The summed E-state index contributed by atoms with van der Waals surface area (Å²) in [6.07, 6.45) is 2.10. The van der Waals surface area contributed by atoms with Crippen molar-refractivity contribution >= 4 is 40.9 Å². The van der Waals surface area contributed by atoms with Crippen molar-refractivity contribution in [1.82, 2.24) is 4.90 Å². The Balaban J connectivity index is 0.00000162. The Morgan fingerprint density at radius 1 is 1.56 bits per heavy atom. The Hall–Kier alpha value is -0.330. The Morgan fingerprint density at radius 2 is 2.28 bits per heavy atom. The minimum atomic E-state index is 0. The highest BCUT2D eigenvalue weighted by molar-refractivity contribution is 14.1. The Morgan fingerprint density at radius 3 is 2.94 bits per heavy atom. The molecule has 0 saturated carbocycles. The molecule has 1 aromatic rings. The van der Waals surface area contributed by atoms with Crippen LogP contribution in [0.15, 0.2) is 18.2 Å². The molecular formula is C13H18ClIN2O. The van der Waals surface area contributed by atoms with E-state index in [1.807, 2.05) is 30.0 Å². The van der Waals surface area contributed by atoms with Crippen LogP contribution in [-0.2, 0) is 0 Å². The number of carbonyl (C=O) groups is 1. The number of hydrogen-bond donors (Lipinski definition) is 1. The van der Waals surface area contributed by atoms with Gasteiger partial charge in [0.1, 0.15) is 0 Å². The zero-order valence-corrected chi connectivity index (χ0v) is 13.3. The summed E-state index contributed by atoms with van der Waals surface area (Å²) in [6.45, 7) is 3.43. The van der Waals surface area contributed by atoms with Crippen LogP contribution in [-0.4, -0.2) is 29.9 Å². The van der Waals surface area contributed by atoms with Gasteiger partial charge in [-0.1, -0.05) is 12.1 Å². The van der Waals surface area contributed by atoms with E-state index in [0.29, 0.717) is 6.54 Å². The molecule has 1 atom stereocenters. The molecule has 1 amide bonds. The van der Waals surface area contributed by atoms with Gasteiger partial charge in [0.05, 0.1) is 5.56 Å². The standard InChI is InChI=1S/C13H17IN2O.ClH/c1-9-4-2-6-11(12(9)14)13(17)16-7-3-5-10(16)8-15;/h2,4,6,10H,3,5,7-8,15H2,1H3;1H. The van der Waals surface area contributed by atoms with Crippen LogP contribution in [0.25, 0.3) is 0 Å². The van der Waals surface area contributed by atoms with Crippen LogP contribution in [0, 0.1) is 10.5 Å². The predicted octanol–water partition coefficient (Wildman–Crippen LogP) is 2.58. The number of carbonyl (C=O) groups excluding carboxylic acids is 1. The van der Waals surface area contributed by atoms with Crippen LogP contribution >= 0.6 is 35.0 Å². The van der Waals surface area contributed by atoms with Gasteiger partial charge in [0.25, 0.3) is 5.91 Å². The fraction of sp³-hybridized carbons (Fsp3) is 0.462. The van der Waals surface area contributed by atoms with Crippen molar-refractivity contribution in [2.75, 3.05) is 13.1 Å². The largest absolute Gasteiger partial charge is 0.334 e. The maximum atomic E-state index is 12.5. The third kappa shape index (κ3) is 2.97. The highest BCUT2D eigenvalue weighted by atomic mass is 127. The van der Waals surface area contributed by atoms with Gasteiger partial charge in [-0.15, -0.1) is 12.4 Å². The lowest BCUT2D eigenvalue weighted by Crippen LogP contribution is -2.40. The van der Waals surface area contributed by atoms with Gasteiger partial charge < -0.3 is 10.6 Å². The average molecular weight is 381 g/mol. The topological polar surface area (TPSA) is 46.3 Å². The van der Waals surface area contributed by atoms with Gasteiger partial charge in [-0.2, -0.15) is 0 Å². The van der Waals surface area contributed by atoms with Crippen LogP contribution in [0.3, 0.4) is 0 Å². The van der Waals surface area contributed by atoms with Crippen LogP contribution in [0.2, 0.25) is 0 Å². The fourth-order valence-corrected chi connectivity index (χ4v) is 2.91. The first-order chi connectivity index (χ1) is 8.15. The first kappa shape index (κ1) is 15.7. The second kappa shape index (κ2) is 6.73. The number of rotatable bonds is 2. The molecule has 5 heteroatoms. The molecule has 1 aromatic carbocycles. The third-order valence-corrected chi connectivity index (χ3v) is 4.76. The maximum Gasteiger partial charge on any atom is 0.255 e. The van der Waals surface area contributed by atoms with Crippen molar-refractivity contribution in [2.24, 2.45) is 5.73 Å². The van der Waals surface area contributed by atoms with Gasteiger partial charge in [-0.25, -0.2) is 0 Å². The summed E-state index contributed by atoms with van der Waals surface area (Å²) in [6, 6.07) is 6.10.